The van der Waals surface area contributed by atoms with Gasteiger partial charge in [-0.2, -0.15) is 0 Å². The highest BCUT2D eigenvalue weighted by Gasteiger charge is 2.24. The molecule has 0 atom stereocenters. The monoisotopic (exact) mass is 388 g/mol. The van der Waals surface area contributed by atoms with Gasteiger partial charge in [0, 0.05) is 44.5 Å². The molecule has 2 fully saturated rings. The summed E-state index contributed by atoms with van der Waals surface area (Å²) >= 11 is 0. The molecule has 2 saturated heterocycles. The van der Waals surface area contributed by atoms with E-state index in [9.17, 15) is 9.59 Å². The number of nitrogens with zero attached hydrogens (tertiary/aromatic N) is 4. The summed E-state index contributed by atoms with van der Waals surface area (Å²) in [4.78, 5) is 34.2. The summed E-state index contributed by atoms with van der Waals surface area (Å²) in [6.07, 6.45) is 4.07. The molecule has 6 nitrogen and oxygen atoms in total. The van der Waals surface area contributed by atoms with E-state index in [2.05, 4.69) is 19.7 Å². The predicted octanol–water partition coefficient (Wildman–Crippen LogP) is 2.73. The largest absolute Gasteiger partial charge is 0.354 e. The second-order valence-electron chi connectivity index (χ2n) is 7.67. The van der Waals surface area contributed by atoms with Crippen molar-refractivity contribution in [2.24, 2.45) is 5.92 Å². The van der Waals surface area contributed by atoms with Crippen molar-refractivity contribution in [1.29, 1.82) is 0 Å². The van der Waals surface area contributed by atoms with Crippen LogP contribution >= 0.6 is 0 Å². The summed E-state index contributed by atoms with van der Waals surface area (Å²) in [5.74, 6) is 2.04. The number of rotatable bonds is 6. The van der Waals surface area contributed by atoms with E-state index in [4.69, 9.17) is 0 Å². The van der Waals surface area contributed by atoms with Crippen molar-refractivity contribution in [3.8, 4) is 0 Å². The van der Waals surface area contributed by atoms with E-state index in [-0.39, 0.29) is 11.6 Å². The minimum absolute atomic E-state index is 0.0585. The van der Waals surface area contributed by atoms with E-state index in [1.807, 2.05) is 26.0 Å². The van der Waals surface area contributed by atoms with Gasteiger partial charge in [0.1, 0.15) is 11.6 Å². The third kappa shape index (κ3) is 6.67. The number of hydrogen-bond acceptors (Lipinski definition) is 6. The molecule has 1 aromatic rings. The van der Waals surface area contributed by atoms with Crippen LogP contribution in [0.5, 0.6) is 0 Å². The molecule has 0 aromatic carbocycles. The van der Waals surface area contributed by atoms with Gasteiger partial charge in [-0.1, -0.05) is 13.8 Å². The average molecular weight is 389 g/mol. The minimum Gasteiger partial charge on any atom is -0.354 e. The molecule has 28 heavy (non-hydrogen) atoms. The van der Waals surface area contributed by atoms with Gasteiger partial charge in [0.25, 0.3) is 0 Å². The highest BCUT2D eigenvalue weighted by atomic mass is 16.1. The van der Waals surface area contributed by atoms with Crippen LogP contribution < -0.4 is 4.90 Å². The van der Waals surface area contributed by atoms with E-state index in [0.29, 0.717) is 12.1 Å². The van der Waals surface area contributed by atoms with Gasteiger partial charge in [-0.3, -0.25) is 19.4 Å². The molecule has 3 rings (SSSR count). The first-order chi connectivity index (χ1) is 13.5. The van der Waals surface area contributed by atoms with E-state index >= 15 is 0 Å². The highest BCUT2D eigenvalue weighted by molar-refractivity contribution is 5.93. The normalized spacial score (nSPS) is 19.1. The first-order valence-corrected chi connectivity index (χ1v) is 10.7. The van der Waals surface area contributed by atoms with Gasteiger partial charge in [0.05, 0.1) is 6.54 Å². The van der Waals surface area contributed by atoms with Crippen LogP contribution in [0, 0.1) is 5.92 Å². The molecule has 2 aliphatic rings. The second-order valence-corrected chi connectivity index (χ2v) is 7.67. The SMILES string of the molecule is CC.CC(=O)CN1CCC(CN2CCN(c3ccc(C(C)=O)cn3)CC2)CC1. The first-order valence-electron chi connectivity index (χ1n) is 10.7. The first kappa shape index (κ1) is 22.5. The topological polar surface area (TPSA) is 56.8 Å². The zero-order valence-corrected chi connectivity index (χ0v) is 18.0. The van der Waals surface area contributed by atoms with Gasteiger partial charge in [-0.25, -0.2) is 4.98 Å². The Morgan fingerprint density at radius 2 is 1.61 bits per heavy atom. The summed E-state index contributed by atoms with van der Waals surface area (Å²) in [6.45, 7) is 15.2. The Hall–Kier alpha value is -1.79. The van der Waals surface area contributed by atoms with Gasteiger partial charge >= 0.3 is 0 Å². The summed E-state index contributed by atoms with van der Waals surface area (Å²) < 4.78 is 0. The molecule has 3 heterocycles. The highest BCUT2D eigenvalue weighted by Crippen LogP contribution is 2.20. The lowest BCUT2D eigenvalue weighted by molar-refractivity contribution is -0.118. The van der Waals surface area contributed by atoms with Gasteiger partial charge in [0.2, 0.25) is 0 Å². The van der Waals surface area contributed by atoms with E-state index in [1.54, 1.807) is 20.0 Å². The second kappa shape index (κ2) is 11.3. The number of piperidine rings is 1. The molecule has 6 heteroatoms. The van der Waals surface area contributed by atoms with Crippen LogP contribution in [0.2, 0.25) is 0 Å². The third-order valence-corrected chi connectivity index (χ3v) is 5.52. The van der Waals surface area contributed by atoms with Crippen LogP contribution in [0.1, 0.15) is 50.9 Å². The molecule has 0 aliphatic carbocycles. The van der Waals surface area contributed by atoms with Crippen molar-refractivity contribution in [3.05, 3.63) is 23.9 Å². The zero-order valence-electron chi connectivity index (χ0n) is 18.0. The van der Waals surface area contributed by atoms with Crippen molar-refractivity contribution in [2.45, 2.75) is 40.5 Å². The van der Waals surface area contributed by atoms with Gasteiger partial charge in [0.15, 0.2) is 5.78 Å². The van der Waals surface area contributed by atoms with Crippen molar-refractivity contribution in [1.82, 2.24) is 14.8 Å². The molecular formula is C22H36N4O2. The number of hydrogen-bond donors (Lipinski definition) is 0. The average Bonchev–Trinajstić information content (AvgIpc) is 2.71. The molecule has 0 N–H and O–H groups in total. The Morgan fingerprint density at radius 3 is 2.11 bits per heavy atom. The van der Waals surface area contributed by atoms with Crippen molar-refractivity contribution < 1.29 is 9.59 Å². The molecule has 0 amide bonds. The zero-order chi connectivity index (χ0) is 20.5. The molecular weight excluding hydrogens is 352 g/mol. The quantitative estimate of drug-likeness (QED) is 0.699. The molecule has 2 aliphatic heterocycles. The predicted molar refractivity (Wildman–Crippen MR) is 114 cm³/mol. The maximum Gasteiger partial charge on any atom is 0.161 e. The summed E-state index contributed by atoms with van der Waals surface area (Å²) in [6, 6.07) is 3.82. The molecule has 0 saturated carbocycles. The summed E-state index contributed by atoms with van der Waals surface area (Å²) in [7, 11) is 0. The van der Waals surface area contributed by atoms with Crippen LogP contribution in [-0.2, 0) is 4.79 Å². The van der Waals surface area contributed by atoms with E-state index in [1.165, 1.54) is 19.4 Å². The number of Topliss-reactive ketones (excluding diaryl/α,β-unsaturated/α-hetero) is 2. The number of pyridine rings is 1. The number of carbonyl (C=O) groups is 2. The fourth-order valence-electron chi connectivity index (χ4n) is 3.95. The van der Waals surface area contributed by atoms with Crippen LogP contribution in [0.25, 0.3) is 0 Å². The van der Waals surface area contributed by atoms with Crippen molar-refractivity contribution in [2.75, 3.05) is 57.3 Å². The van der Waals surface area contributed by atoms with Gasteiger partial charge < -0.3 is 4.90 Å². The number of aromatic nitrogens is 1. The molecule has 1 aromatic heterocycles. The van der Waals surface area contributed by atoms with E-state index in [0.717, 1.165) is 51.0 Å². The fourth-order valence-corrected chi connectivity index (χ4v) is 3.95. The Morgan fingerprint density at radius 1 is 0.964 bits per heavy atom. The molecule has 156 valence electrons. The molecule has 0 radical (unpaired) electrons. The van der Waals surface area contributed by atoms with Gasteiger partial charge in [-0.05, 0) is 57.8 Å². The summed E-state index contributed by atoms with van der Waals surface area (Å²) in [5, 5.41) is 0. The maximum atomic E-state index is 11.4. The van der Waals surface area contributed by atoms with Crippen LogP contribution in [0.4, 0.5) is 5.82 Å². The van der Waals surface area contributed by atoms with Crippen molar-refractivity contribution >= 4 is 17.4 Å². The van der Waals surface area contributed by atoms with Crippen molar-refractivity contribution in [3.63, 3.8) is 0 Å². The van der Waals surface area contributed by atoms with Gasteiger partial charge in [-0.15, -0.1) is 0 Å². The Kier molecular flexibility index (Phi) is 9.06. The molecule has 0 bridgehead atoms. The summed E-state index contributed by atoms with van der Waals surface area (Å²) in [5.41, 5.74) is 0.670. The number of piperazine rings is 1. The lowest BCUT2D eigenvalue weighted by atomic mass is 9.95. The number of anilines is 1. The third-order valence-electron chi connectivity index (χ3n) is 5.52. The number of carbonyl (C=O) groups excluding carboxylic acids is 2. The minimum atomic E-state index is 0.0585. The maximum absolute atomic E-state index is 11.4. The fraction of sp³-hybridized carbons (Fsp3) is 0.682. The van der Waals surface area contributed by atoms with E-state index < -0.39 is 0 Å². The van der Waals surface area contributed by atoms with Crippen LogP contribution in [-0.4, -0.2) is 78.7 Å². The Bertz CT molecular complexity index is 616. The number of likely N-dealkylation sites (tertiary alicyclic amines) is 1. The smallest absolute Gasteiger partial charge is 0.161 e. The van der Waals surface area contributed by atoms with Crippen LogP contribution in [0.15, 0.2) is 18.3 Å². The molecule has 0 unspecified atom stereocenters. The lowest BCUT2D eigenvalue weighted by Gasteiger charge is -2.39. The standard InChI is InChI=1S/C20H30N4O2.C2H6/c1-16(25)14-22-7-5-18(6-8-22)15-23-9-11-24(12-10-23)20-4-3-19(13-21-20)17(2)26;1-2/h3-4,13,18H,5-12,14-15H2,1-2H3;1-2H3. The number of ketones is 2. The Labute approximate surface area is 169 Å². The lowest BCUT2D eigenvalue weighted by Crippen LogP contribution is -2.49. The van der Waals surface area contributed by atoms with Crippen LogP contribution in [0.3, 0.4) is 0 Å². The Balaban J connectivity index is 0.00000136. The molecule has 0 spiro atoms.